The summed E-state index contributed by atoms with van der Waals surface area (Å²) in [5, 5.41) is 7.07. The lowest BCUT2D eigenvalue weighted by Gasteiger charge is -2.18. The zero-order chi connectivity index (χ0) is 21.3. The first-order valence-corrected chi connectivity index (χ1v) is 10.4. The number of nitrogens with zero attached hydrogens (tertiary/aromatic N) is 2. The molecule has 1 saturated heterocycles. The number of carbonyl (C=O) groups excluding carboxylic acids is 2. The van der Waals surface area contributed by atoms with Crippen molar-refractivity contribution >= 4 is 28.5 Å². The molecule has 0 saturated carbocycles. The molecular weight excluding hydrogens is 376 g/mol. The van der Waals surface area contributed by atoms with Crippen LogP contribution in [0.1, 0.15) is 23.2 Å². The predicted octanol–water partition coefficient (Wildman–Crippen LogP) is 3.67. The van der Waals surface area contributed by atoms with E-state index in [1.54, 1.807) is 4.90 Å². The molecule has 0 bridgehead atoms. The predicted molar refractivity (Wildman–Crippen MR) is 120 cm³/mol. The third-order valence-electron chi connectivity index (χ3n) is 5.90. The molecule has 2 aromatic carbocycles. The van der Waals surface area contributed by atoms with E-state index < -0.39 is 0 Å². The lowest BCUT2D eigenvalue weighted by molar-refractivity contribution is -0.117. The van der Waals surface area contributed by atoms with Crippen molar-refractivity contribution in [3.05, 3.63) is 65.4 Å². The van der Waals surface area contributed by atoms with Crippen LogP contribution < -0.4 is 15.5 Å². The molecule has 30 heavy (non-hydrogen) atoms. The van der Waals surface area contributed by atoms with Crippen molar-refractivity contribution in [2.45, 2.75) is 39.8 Å². The normalized spacial score (nSPS) is 16.3. The Morgan fingerprint density at radius 2 is 1.87 bits per heavy atom. The molecule has 2 N–H and O–H groups in total. The maximum absolute atomic E-state index is 12.4. The van der Waals surface area contributed by atoms with Crippen LogP contribution in [0.4, 0.5) is 10.5 Å². The average molecular weight is 405 g/mol. The highest BCUT2D eigenvalue weighted by Gasteiger charge is 2.31. The number of hydrogen-bond acceptors (Lipinski definition) is 2. The highest BCUT2D eigenvalue weighted by molar-refractivity contribution is 5.97. The average Bonchev–Trinajstić information content (AvgIpc) is 3.23. The molecule has 1 unspecified atom stereocenters. The minimum absolute atomic E-state index is 0.0398. The summed E-state index contributed by atoms with van der Waals surface area (Å²) in [5.41, 5.74) is 5.58. The number of benzene rings is 2. The molecule has 0 radical (unpaired) electrons. The van der Waals surface area contributed by atoms with Gasteiger partial charge in [-0.05, 0) is 61.5 Å². The zero-order valence-electron chi connectivity index (χ0n) is 17.7. The summed E-state index contributed by atoms with van der Waals surface area (Å²) in [7, 11) is 0. The molecule has 1 aliphatic rings. The van der Waals surface area contributed by atoms with Crippen LogP contribution in [-0.2, 0) is 11.3 Å². The smallest absolute Gasteiger partial charge is 0.315 e. The van der Waals surface area contributed by atoms with Crippen molar-refractivity contribution in [3.8, 4) is 0 Å². The summed E-state index contributed by atoms with van der Waals surface area (Å²) in [6.07, 6.45) is 0.321. The van der Waals surface area contributed by atoms with Gasteiger partial charge in [0, 0.05) is 43.0 Å². The van der Waals surface area contributed by atoms with E-state index in [0.29, 0.717) is 26.1 Å². The Hall–Kier alpha value is -3.28. The second-order valence-corrected chi connectivity index (χ2v) is 8.07. The van der Waals surface area contributed by atoms with Gasteiger partial charge in [-0.3, -0.25) is 4.79 Å². The number of aromatic nitrogens is 1. The maximum atomic E-state index is 12.4. The van der Waals surface area contributed by atoms with Crippen LogP contribution in [0.15, 0.2) is 48.5 Å². The maximum Gasteiger partial charge on any atom is 0.315 e. The van der Waals surface area contributed by atoms with Gasteiger partial charge in [-0.2, -0.15) is 0 Å². The first-order valence-electron chi connectivity index (χ1n) is 10.4. The summed E-state index contributed by atoms with van der Waals surface area (Å²) in [5.74, 6) is 0.0398. The quantitative estimate of drug-likeness (QED) is 0.681. The molecule has 1 aromatic heterocycles. The molecule has 2 heterocycles. The molecule has 1 aliphatic heterocycles. The van der Waals surface area contributed by atoms with Crippen LogP contribution in [-0.4, -0.2) is 35.6 Å². The molecule has 1 fully saturated rings. The summed E-state index contributed by atoms with van der Waals surface area (Å²) in [4.78, 5) is 26.6. The van der Waals surface area contributed by atoms with Crippen LogP contribution in [0.25, 0.3) is 10.9 Å². The number of carbonyl (C=O) groups is 2. The van der Waals surface area contributed by atoms with Gasteiger partial charge in [-0.15, -0.1) is 0 Å². The fraction of sp³-hybridized carbons (Fsp3) is 0.333. The fourth-order valence-electron chi connectivity index (χ4n) is 4.11. The highest BCUT2D eigenvalue weighted by Crippen LogP contribution is 2.24. The Bertz CT molecular complexity index is 1100. The Labute approximate surface area is 176 Å². The first kappa shape index (κ1) is 20.0. The number of anilines is 1. The number of aryl methyl sites for hydroxylation is 3. The number of urea groups is 1. The van der Waals surface area contributed by atoms with Gasteiger partial charge in [0.15, 0.2) is 0 Å². The van der Waals surface area contributed by atoms with Crippen molar-refractivity contribution in [1.29, 1.82) is 0 Å². The van der Waals surface area contributed by atoms with Crippen LogP contribution in [0.2, 0.25) is 0 Å². The van der Waals surface area contributed by atoms with Crippen molar-refractivity contribution < 1.29 is 9.59 Å². The number of amides is 3. The van der Waals surface area contributed by atoms with Crippen LogP contribution in [0.5, 0.6) is 0 Å². The van der Waals surface area contributed by atoms with Crippen molar-refractivity contribution in [2.75, 3.05) is 18.0 Å². The third kappa shape index (κ3) is 4.03. The molecular formula is C24H28N4O2. The number of para-hydroxylation sites is 1. The highest BCUT2D eigenvalue weighted by atomic mass is 16.2. The molecule has 3 amide bonds. The van der Waals surface area contributed by atoms with Gasteiger partial charge < -0.3 is 20.1 Å². The Balaban J connectivity index is 1.30. The fourth-order valence-corrected chi connectivity index (χ4v) is 4.11. The van der Waals surface area contributed by atoms with E-state index in [0.717, 1.165) is 11.3 Å². The number of nitrogens with one attached hydrogen (secondary N) is 2. The molecule has 6 nitrogen and oxygen atoms in total. The van der Waals surface area contributed by atoms with Crippen LogP contribution in [0, 0.1) is 20.8 Å². The monoisotopic (exact) mass is 404 g/mol. The molecule has 3 aromatic rings. The van der Waals surface area contributed by atoms with E-state index in [4.69, 9.17) is 0 Å². The Morgan fingerprint density at radius 1 is 1.07 bits per heavy atom. The SMILES string of the molecule is Cc1ccc(N2CC(NC(=O)NCCn3c(C)cc4ccccc43)CC2=O)cc1C. The minimum Gasteiger partial charge on any atom is -0.343 e. The van der Waals surface area contributed by atoms with E-state index >= 15 is 0 Å². The van der Waals surface area contributed by atoms with E-state index in [-0.39, 0.29) is 18.0 Å². The molecule has 6 heteroatoms. The van der Waals surface area contributed by atoms with Crippen molar-refractivity contribution in [3.63, 3.8) is 0 Å². The minimum atomic E-state index is -0.233. The van der Waals surface area contributed by atoms with Crippen molar-refractivity contribution in [1.82, 2.24) is 15.2 Å². The Morgan fingerprint density at radius 3 is 2.67 bits per heavy atom. The van der Waals surface area contributed by atoms with Gasteiger partial charge in [-0.1, -0.05) is 24.3 Å². The second kappa shape index (κ2) is 8.22. The second-order valence-electron chi connectivity index (χ2n) is 8.07. The molecule has 0 aliphatic carbocycles. The lowest BCUT2D eigenvalue weighted by atomic mass is 10.1. The summed E-state index contributed by atoms with van der Waals surface area (Å²) in [6.45, 7) is 7.88. The summed E-state index contributed by atoms with van der Waals surface area (Å²) in [6, 6.07) is 16.0. The summed E-state index contributed by atoms with van der Waals surface area (Å²) < 4.78 is 2.20. The van der Waals surface area contributed by atoms with Gasteiger partial charge >= 0.3 is 6.03 Å². The molecule has 156 valence electrons. The van der Waals surface area contributed by atoms with Crippen molar-refractivity contribution in [2.24, 2.45) is 0 Å². The van der Waals surface area contributed by atoms with Gasteiger partial charge in [0.05, 0.1) is 6.04 Å². The van der Waals surface area contributed by atoms with Gasteiger partial charge in [0.25, 0.3) is 0 Å². The molecule has 1 atom stereocenters. The number of fused-ring (bicyclic) bond motifs is 1. The third-order valence-corrected chi connectivity index (χ3v) is 5.90. The van der Waals surface area contributed by atoms with Crippen LogP contribution >= 0.6 is 0 Å². The van der Waals surface area contributed by atoms with E-state index in [2.05, 4.69) is 47.2 Å². The van der Waals surface area contributed by atoms with E-state index in [9.17, 15) is 9.59 Å². The topological polar surface area (TPSA) is 66.4 Å². The van der Waals surface area contributed by atoms with Gasteiger partial charge in [-0.25, -0.2) is 4.79 Å². The molecule has 0 spiro atoms. The lowest BCUT2D eigenvalue weighted by Crippen LogP contribution is -2.44. The zero-order valence-corrected chi connectivity index (χ0v) is 17.7. The Kier molecular flexibility index (Phi) is 5.48. The van der Waals surface area contributed by atoms with Gasteiger partial charge in [0.1, 0.15) is 0 Å². The van der Waals surface area contributed by atoms with Gasteiger partial charge in [0.2, 0.25) is 5.91 Å². The van der Waals surface area contributed by atoms with E-state index in [1.165, 1.54) is 22.2 Å². The number of rotatable bonds is 5. The largest absolute Gasteiger partial charge is 0.343 e. The first-order chi connectivity index (χ1) is 14.4. The number of hydrogen-bond donors (Lipinski definition) is 2. The molecule has 4 rings (SSSR count). The van der Waals surface area contributed by atoms with Crippen LogP contribution in [0.3, 0.4) is 0 Å². The van der Waals surface area contributed by atoms with E-state index in [1.807, 2.05) is 37.3 Å². The summed E-state index contributed by atoms with van der Waals surface area (Å²) >= 11 is 0. The standard InChI is InChI=1S/C24H28N4O2/c1-16-8-9-21(12-17(16)2)28-15-20(14-23(28)29)26-24(30)25-10-11-27-18(3)13-19-6-4-5-7-22(19)27/h4-9,12-13,20H,10-11,14-15H2,1-3H3,(H2,25,26,30).